The van der Waals surface area contributed by atoms with Crippen LogP contribution in [0.4, 0.5) is 0 Å². The zero-order valence-electron chi connectivity index (χ0n) is 8.63. The second-order valence-electron chi connectivity index (χ2n) is 3.75. The fourth-order valence-corrected chi connectivity index (χ4v) is 2.58. The molecule has 0 radical (unpaired) electrons. The van der Waals surface area contributed by atoms with Crippen molar-refractivity contribution in [2.24, 2.45) is 5.92 Å². The van der Waals surface area contributed by atoms with E-state index in [1.54, 1.807) is 0 Å². The minimum atomic E-state index is 0.00649. The third-order valence-corrected chi connectivity index (χ3v) is 4.51. The van der Waals surface area contributed by atoms with Crippen LogP contribution in [-0.2, 0) is 9.47 Å². The first-order chi connectivity index (χ1) is 7.27. The normalized spacial score (nSPS) is 22.6. The van der Waals surface area contributed by atoms with Gasteiger partial charge in [-0.25, -0.2) is 0 Å². The van der Waals surface area contributed by atoms with Crippen molar-refractivity contribution in [2.45, 2.75) is 23.8 Å². The second kappa shape index (κ2) is 8.13. The summed E-state index contributed by atoms with van der Waals surface area (Å²) in [7, 11) is 0. The number of halogens is 3. The molecule has 0 aromatic heterocycles. The van der Waals surface area contributed by atoms with Gasteiger partial charge in [-0.05, 0) is 18.8 Å². The Kier molecular flexibility index (Phi) is 7.61. The first kappa shape index (κ1) is 14.0. The van der Waals surface area contributed by atoms with Crippen molar-refractivity contribution < 1.29 is 9.47 Å². The molecule has 15 heavy (non-hydrogen) atoms. The summed E-state index contributed by atoms with van der Waals surface area (Å²) >= 11 is 15.0. The van der Waals surface area contributed by atoms with Gasteiger partial charge in [0.25, 0.3) is 0 Å². The third kappa shape index (κ3) is 5.22. The van der Waals surface area contributed by atoms with Gasteiger partial charge in [-0.15, -0.1) is 23.2 Å². The molecule has 5 heteroatoms. The third-order valence-electron chi connectivity index (χ3n) is 2.59. The van der Waals surface area contributed by atoms with Crippen molar-refractivity contribution in [3.05, 3.63) is 0 Å². The summed E-state index contributed by atoms with van der Waals surface area (Å²) in [6.07, 6.45) is 2.18. The van der Waals surface area contributed by atoms with Crippen LogP contribution in [0.15, 0.2) is 0 Å². The van der Waals surface area contributed by atoms with Gasteiger partial charge in [-0.3, -0.25) is 0 Å². The SMILES string of the molecule is ClCC(Br)C(CCl)OCC1CCOCC1. The van der Waals surface area contributed by atoms with Crippen LogP contribution in [0.1, 0.15) is 12.8 Å². The Bertz CT molecular complexity index is 166. The van der Waals surface area contributed by atoms with Crippen molar-refractivity contribution in [3.8, 4) is 0 Å². The van der Waals surface area contributed by atoms with Crippen molar-refractivity contribution in [1.29, 1.82) is 0 Å². The second-order valence-corrected chi connectivity index (χ2v) is 5.55. The highest BCUT2D eigenvalue weighted by atomic mass is 79.9. The number of hydrogen-bond donors (Lipinski definition) is 0. The molecule has 1 fully saturated rings. The lowest BCUT2D eigenvalue weighted by Crippen LogP contribution is -2.31. The molecule has 0 N–H and O–H groups in total. The lowest BCUT2D eigenvalue weighted by molar-refractivity contribution is -0.00222. The highest BCUT2D eigenvalue weighted by Crippen LogP contribution is 2.19. The van der Waals surface area contributed by atoms with E-state index in [0.717, 1.165) is 32.7 Å². The van der Waals surface area contributed by atoms with Gasteiger partial charge in [0.15, 0.2) is 0 Å². The maximum atomic E-state index is 5.82. The molecule has 0 aromatic rings. The smallest absolute Gasteiger partial charge is 0.0846 e. The zero-order valence-corrected chi connectivity index (χ0v) is 11.7. The molecule has 0 bridgehead atoms. The summed E-state index contributed by atoms with van der Waals surface area (Å²) in [5.74, 6) is 1.61. The Morgan fingerprint density at radius 2 is 1.93 bits per heavy atom. The zero-order chi connectivity index (χ0) is 11.1. The average Bonchev–Trinajstić information content (AvgIpc) is 2.31. The summed E-state index contributed by atoms with van der Waals surface area (Å²) in [6, 6.07) is 0. The summed E-state index contributed by atoms with van der Waals surface area (Å²) in [5.41, 5.74) is 0. The maximum absolute atomic E-state index is 5.82. The predicted molar refractivity (Wildman–Crippen MR) is 67.4 cm³/mol. The molecule has 0 amide bonds. The topological polar surface area (TPSA) is 18.5 Å². The number of hydrogen-bond acceptors (Lipinski definition) is 2. The van der Waals surface area contributed by atoms with Crippen LogP contribution in [0.3, 0.4) is 0 Å². The van der Waals surface area contributed by atoms with Crippen molar-refractivity contribution in [1.82, 2.24) is 0 Å². The van der Waals surface area contributed by atoms with Crippen LogP contribution < -0.4 is 0 Å². The van der Waals surface area contributed by atoms with E-state index in [2.05, 4.69) is 15.9 Å². The fourth-order valence-electron chi connectivity index (χ4n) is 1.52. The molecule has 90 valence electrons. The number of alkyl halides is 3. The highest BCUT2D eigenvalue weighted by Gasteiger charge is 2.21. The van der Waals surface area contributed by atoms with Gasteiger partial charge in [0, 0.05) is 25.0 Å². The first-order valence-electron chi connectivity index (χ1n) is 5.23. The number of rotatable bonds is 6. The molecule has 2 atom stereocenters. The van der Waals surface area contributed by atoms with Gasteiger partial charge in [0.2, 0.25) is 0 Å². The molecule has 2 unspecified atom stereocenters. The molecule has 1 saturated heterocycles. The Labute approximate surface area is 110 Å². The van der Waals surface area contributed by atoms with E-state index in [1.807, 2.05) is 0 Å². The molecule has 1 aliphatic rings. The minimum absolute atomic E-state index is 0.00649. The molecular weight excluding hydrogens is 303 g/mol. The molecule has 1 rings (SSSR count). The predicted octanol–water partition coefficient (Wildman–Crippen LogP) is 3.04. The molecule has 0 aliphatic carbocycles. The molecule has 0 saturated carbocycles. The fraction of sp³-hybridized carbons (Fsp3) is 1.00. The summed E-state index contributed by atoms with van der Waals surface area (Å²) in [5, 5.41) is 0. The maximum Gasteiger partial charge on any atom is 0.0846 e. The van der Waals surface area contributed by atoms with E-state index in [-0.39, 0.29) is 10.9 Å². The molecular formula is C10H17BrCl2O2. The Hall–Kier alpha value is 0.980. The Morgan fingerprint density at radius 1 is 1.27 bits per heavy atom. The quantitative estimate of drug-likeness (QED) is 0.701. The van der Waals surface area contributed by atoms with E-state index in [1.165, 1.54) is 0 Å². The van der Waals surface area contributed by atoms with E-state index < -0.39 is 0 Å². The first-order valence-corrected chi connectivity index (χ1v) is 7.21. The van der Waals surface area contributed by atoms with Gasteiger partial charge in [-0.2, -0.15) is 0 Å². The van der Waals surface area contributed by atoms with Gasteiger partial charge in [0.1, 0.15) is 0 Å². The minimum Gasteiger partial charge on any atom is -0.381 e. The highest BCUT2D eigenvalue weighted by molar-refractivity contribution is 9.09. The van der Waals surface area contributed by atoms with Gasteiger partial charge in [-0.1, -0.05) is 15.9 Å². The van der Waals surface area contributed by atoms with Crippen molar-refractivity contribution in [2.75, 3.05) is 31.6 Å². The summed E-state index contributed by atoms with van der Waals surface area (Å²) in [6.45, 7) is 2.47. The summed E-state index contributed by atoms with van der Waals surface area (Å²) < 4.78 is 11.1. The van der Waals surface area contributed by atoms with Crippen LogP contribution in [-0.4, -0.2) is 42.5 Å². The van der Waals surface area contributed by atoms with E-state index in [9.17, 15) is 0 Å². The van der Waals surface area contributed by atoms with Crippen LogP contribution in [0.5, 0.6) is 0 Å². The molecule has 2 nitrogen and oxygen atoms in total. The standard InChI is InChI=1S/C10H17BrCl2O2/c11-9(5-12)10(6-13)15-7-8-1-3-14-4-2-8/h8-10H,1-7H2. The lowest BCUT2D eigenvalue weighted by Gasteiger charge is -2.25. The molecule has 0 aromatic carbocycles. The van der Waals surface area contributed by atoms with Crippen molar-refractivity contribution >= 4 is 39.1 Å². The van der Waals surface area contributed by atoms with Crippen LogP contribution in [0, 0.1) is 5.92 Å². The van der Waals surface area contributed by atoms with E-state index in [0.29, 0.717) is 17.7 Å². The average molecular weight is 320 g/mol. The van der Waals surface area contributed by atoms with Crippen LogP contribution >= 0.6 is 39.1 Å². The lowest BCUT2D eigenvalue weighted by atomic mass is 10.0. The largest absolute Gasteiger partial charge is 0.381 e. The number of ether oxygens (including phenoxy) is 2. The van der Waals surface area contributed by atoms with Crippen LogP contribution in [0.25, 0.3) is 0 Å². The van der Waals surface area contributed by atoms with Gasteiger partial charge in [0.05, 0.1) is 17.5 Å². The van der Waals surface area contributed by atoms with E-state index in [4.69, 9.17) is 32.7 Å². The van der Waals surface area contributed by atoms with Gasteiger partial charge < -0.3 is 9.47 Å². The molecule has 1 heterocycles. The molecule has 1 aliphatic heterocycles. The van der Waals surface area contributed by atoms with Crippen molar-refractivity contribution in [3.63, 3.8) is 0 Å². The molecule has 0 spiro atoms. The Balaban J connectivity index is 2.20. The monoisotopic (exact) mass is 318 g/mol. The Morgan fingerprint density at radius 3 is 2.47 bits per heavy atom. The van der Waals surface area contributed by atoms with E-state index >= 15 is 0 Å². The van der Waals surface area contributed by atoms with Crippen LogP contribution in [0.2, 0.25) is 0 Å². The van der Waals surface area contributed by atoms with Gasteiger partial charge >= 0.3 is 0 Å². The summed E-state index contributed by atoms with van der Waals surface area (Å²) in [4.78, 5) is 0.136.